The van der Waals surface area contributed by atoms with Crippen LogP contribution in [-0.4, -0.2) is 29.0 Å². The minimum atomic E-state index is 0.862. The molecule has 1 aromatic rings. The summed E-state index contributed by atoms with van der Waals surface area (Å²) in [6, 6.07) is 5.22. The van der Waals surface area contributed by atoms with Crippen molar-refractivity contribution in [3.05, 3.63) is 23.9 Å². The number of pyridine rings is 1. The first-order valence-electron chi connectivity index (χ1n) is 7.28. The molecule has 3 rings (SSSR count). The van der Waals surface area contributed by atoms with E-state index in [4.69, 9.17) is 0 Å². The third-order valence-corrected chi connectivity index (χ3v) is 3.82. The van der Waals surface area contributed by atoms with E-state index in [1.54, 1.807) is 0 Å². The van der Waals surface area contributed by atoms with Gasteiger partial charge >= 0.3 is 0 Å². The molecule has 0 aromatic carbocycles. The molecule has 0 saturated heterocycles. The maximum absolute atomic E-state index is 4.34. The van der Waals surface area contributed by atoms with Crippen LogP contribution in [0.3, 0.4) is 0 Å². The first-order chi connectivity index (χ1) is 8.85. The Balaban J connectivity index is 1.63. The first-order valence-corrected chi connectivity index (χ1v) is 7.28. The Bertz CT molecular complexity index is 396. The molecule has 1 aromatic heterocycles. The summed E-state index contributed by atoms with van der Waals surface area (Å²) < 4.78 is 0. The number of hydrogen-bond acceptors (Lipinski definition) is 3. The van der Waals surface area contributed by atoms with Crippen molar-refractivity contribution in [2.24, 2.45) is 5.92 Å². The van der Waals surface area contributed by atoms with Crippen molar-refractivity contribution in [2.75, 3.05) is 18.4 Å². The highest BCUT2D eigenvalue weighted by atomic mass is 15.2. The van der Waals surface area contributed by atoms with Crippen LogP contribution in [0.1, 0.15) is 38.2 Å². The summed E-state index contributed by atoms with van der Waals surface area (Å²) in [4.78, 5) is 7.02. The standard InChI is InChI=1S/C15H23N3/c1-2-16-15-9-13(7-8-17-15)11-18(14-5-6-14)10-12-3-4-12/h7-9,12,14H,2-6,10-11H2,1H3,(H,16,17). The molecule has 0 aliphatic heterocycles. The minimum Gasteiger partial charge on any atom is -0.370 e. The number of hydrogen-bond donors (Lipinski definition) is 1. The molecule has 0 bridgehead atoms. The van der Waals surface area contributed by atoms with Crippen LogP contribution >= 0.6 is 0 Å². The summed E-state index contributed by atoms with van der Waals surface area (Å²) in [5.74, 6) is 2.00. The lowest BCUT2D eigenvalue weighted by Gasteiger charge is -2.22. The van der Waals surface area contributed by atoms with Gasteiger partial charge in [0.25, 0.3) is 0 Å². The van der Waals surface area contributed by atoms with Gasteiger partial charge in [-0.25, -0.2) is 4.98 Å². The summed E-state index contributed by atoms with van der Waals surface area (Å²) in [5, 5.41) is 3.29. The third-order valence-electron chi connectivity index (χ3n) is 3.82. The van der Waals surface area contributed by atoms with Gasteiger partial charge in [-0.2, -0.15) is 0 Å². The number of aromatic nitrogens is 1. The zero-order valence-electron chi connectivity index (χ0n) is 11.2. The van der Waals surface area contributed by atoms with Crippen molar-refractivity contribution < 1.29 is 0 Å². The smallest absolute Gasteiger partial charge is 0.126 e. The van der Waals surface area contributed by atoms with E-state index in [-0.39, 0.29) is 0 Å². The van der Waals surface area contributed by atoms with Gasteiger partial charge in [-0.3, -0.25) is 4.90 Å². The van der Waals surface area contributed by atoms with Crippen LogP contribution in [0.5, 0.6) is 0 Å². The second kappa shape index (κ2) is 5.27. The maximum Gasteiger partial charge on any atom is 0.126 e. The quantitative estimate of drug-likeness (QED) is 0.800. The molecule has 0 amide bonds. The second-order valence-electron chi connectivity index (χ2n) is 5.68. The normalized spacial score (nSPS) is 19.2. The summed E-state index contributed by atoms with van der Waals surface area (Å²) in [5.41, 5.74) is 1.40. The molecule has 2 fully saturated rings. The number of rotatable bonds is 7. The molecule has 2 aliphatic carbocycles. The van der Waals surface area contributed by atoms with Crippen LogP contribution in [0.15, 0.2) is 18.3 Å². The van der Waals surface area contributed by atoms with E-state index < -0.39 is 0 Å². The van der Waals surface area contributed by atoms with Gasteiger partial charge in [0, 0.05) is 31.9 Å². The lowest BCUT2D eigenvalue weighted by molar-refractivity contribution is 0.244. The van der Waals surface area contributed by atoms with Crippen molar-refractivity contribution in [1.29, 1.82) is 0 Å². The average Bonchev–Trinajstić information content (AvgIpc) is 3.24. The van der Waals surface area contributed by atoms with Crippen LogP contribution in [0.25, 0.3) is 0 Å². The molecule has 98 valence electrons. The molecule has 0 radical (unpaired) electrons. The molecule has 3 heteroatoms. The largest absolute Gasteiger partial charge is 0.370 e. The van der Waals surface area contributed by atoms with E-state index in [1.165, 1.54) is 37.8 Å². The molecule has 2 saturated carbocycles. The van der Waals surface area contributed by atoms with Gasteiger partial charge in [-0.15, -0.1) is 0 Å². The summed E-state index contributed by atoms with van der Waals surface area (Å²) in [6.07, 6.45) is 7.62. The fourth-order valence-corrected chi connectivity index (χ4v) is 2.50. The second-order valence-corrected chi connectivity index (χ2v) is 5.68. The molecular weight excluding hydrogens is 222 g/mol. The van der Waals surface area contributed by atoms with Crippen LogP contribution < -0.4 is 5.32 Å². The van der Waals surface area contributed by atoms with E-state index in [2.05, 4.69) is 34.3 Å². The number of nitrogens with one attached hydrogen (secondary N) is 1. The van der Waals surface area contributed by atoms with E-state index in [1.807, 2.05) is 6.20 Å². The Morgan fingerprint density at radius 3 is 2.83 bits per heavy atom. The van der Waals surface area contributed by atoms with Crippen molar-refractivity contribution in [2.45, 2.75) is 45.2 Å². The predicted octanol–water partition coefficient (Wildman–Crippen LogP) is 2.89. The summed E-state index contributed by atoms with van der Waals surface area (Å²) >= 11 is 0. The first kappa shape index (κ1) is 12.0. The topological polar surface area (TPSA) is 28.2 Å². The zero-order chi connectivity index (χ0) is 12.4. The van der Waals surface area contributed by atoms with Gasteiger partial charge < -0.3 is 5.32 Å². The van der Waals surface area contributed by atoms with Gasteiger partial charge in [-0.1, -0.05) is 0 Å². The van der Waals surface area contributed by atoms with E-state index in [0.29, 0.717) is 0 Å². The van der Waals surface area contributed by atoms with Gasteiger partial charge in [0.1, 0.15) is 5.82 Å². The fraction of sp³-hybridized carbons (Fsp3) is 0.667. The van der Waals surface area contributed by atoms with Crippen molar-refractivity contribution >= 4 is 5.82 Å². The Morgan fingerprint density at radius 2 is 2.17 bits per heavy atom. The molecule has 0 unspecified atom stereocenters. The molecular formula is C15H23N3. The van der Waals surface area contributed by atoms with Gasteiger partial charge in [-0.05, 0) is 56.2 Å². The van der Waals surface area contributed by atoms with Crippen molar-refractivity contribution in [3.8, 4) is 0 Å². The molecule has 2 aliphatic rings. The van der Waals surface area contributed by atoms with Gasteiger partial charge in [0.05, 0.1) is 0 Å². The van der Waals surface area contributed by atoms with E-state index >= 15 is 0 Å². The van der Waals surface area contributed by atoms with Gasteiger partial charge in [0.2, 0.25) is 0 Å². The zero-order valence-corrected chi connectivity index (χ0v) is 11.2. The lowest BCUT2D eigenvalue weighted by atomic mass is 10.2. The Labute approximate surface area is 110 Å². The Kier molecular flexibility index (Phi) is 3.50. The van der Waals surface area contributed by atoms with Crippen LogP contribution in [0.4, 0.5) is 5.82 Å². The summed E-state index contributed by atoms with van der Waals surface area (Å²) in [6.45, 7) is 5.45. The predicted molar refractivity (Wildman–Crippen MR) is 74.6 cm³/mol. The molecule has 1 N–H and O–H groups in total. The fourth-order valence-electron chi connectivity index (χ4n) is 2.50. The Hall–Kier alpha value is -1.09. The van der Waals surface area contributed by atoms with E-state index in [0.717, 1.165) is 30.9 Å². The third kappa shape index (κ3) is 3.22. The van der Waals surface area contributed by atoms with Crippen LogP contribution in [-0.2, 0) is 6.54 Å². The van der Waals surface area contributed by atoms with Crippen LogP contribution in [0.2, 0.25) is 0 Å². The van der Waals surface area contributed by atoms with Crippen molar-refractivity contribution in [3.63, 3.8) is 0 Å². The van der Waals surface area contributed by atoms with E-state index in [9.17, 15) is 0 Å². The average molecular weight is 245 g/mol. The minimum absolute atomic E-state index is 0.862. The number of anilines is 1. The molecule has 0 atom stereocenters. The Morgan fingerprint density at radius 1 is 1.33 bits per heavy atom. The molecule has 18 heavy (non-hydrogen) atoms. The lowest BCUT2D eigenvalue weighted by Crippen LogP contribution is -2.27. The maximum atomic E-state index is 4.34. The number of nitrogens with zero attached hydrogens (tertiary/aromatic N) is 2. The highest BCUT2D eigenvalue weighted by Crippen LogP contribution is 2.35. The highest BCUT2D eigenvalue weighted by Gasteiger charge is 2.33. The molecule has 3 nitrogen and oxygen atoms in total. The monoisotopic (exact) mass is 245 g/mol. The SMILES string of the molecule is CCNc1cc(CN(CC2CC2)C2CC2)ccn1. The highest BCUT2D eigenvalue weighted by molar-refractivity contribution is 5.37. The van der Waals surface area contributed by atoms with Gasteiger partial charge in [0.15, 0.2) is 0 Å². The molecule has 1 heterocycles. The van der Waals surface area contributed by atoms with Crippen molar-refractivity contribution in [1.82, 2.24) is 9.88 Å². The summed E-state index contributed by atoms with van der Waals surface area (Å²) in [7, 11) is 0. The van der Waals surface area contributed by atoms with Crippen LogP contribution in [0, 0.1) is 5.92 Å². The molecule has 0 spiro atoms.